The third-order valence-corrected chi connectivity index (χ3v) is 17.3. The van der Waals surface area contributed by atoms with E-state index in [4.69, 9.17) is 16.1 Å². The first kappa shape index (κ1) is 48.5. The number of ether oxygens (including phenoxy) is 1. The monoisotopic (exact) mass is 1010 g/mol. The summed E-state index contributed by atoms with van der Waals surface area (Å²) in [5.74, 6) is 2.88. The van der Waals surface area contributed by atoms with Gasteiger partial charge in [0.15, 0.2) is 5.82 Å². The Hall–Kier alpha value is -6.48. The van der Waals surface area contributed by atoms with Crippen LogP contribution in [-0.4, -0.2) is 143 Å². The Morgan fingerprint density at radius 3 is 2.26 bits per heavy atom. The highest BCUT2D eigenvalue weighted by atomic mass is 19.1. The number of benzene rings is 3. The van der Waals surface area contributed by atoms with Crippen molar-refractivity contribution in [2.24, 2.45) is 17.8 Å². The van der Waals surface area contributed by atoms with Crippen molar-refractivity contribution in [3.05, 3.63) is 77.0 Å². The molecule has 2 aromatic heterocycles. The molecule has 0 radical (unpaired) electrons. The van der Waals surface area contributed by atoms with Crippen LogP contribution in [0.15, 0.2) is 48.7 Å². The molecule has 3 N–H and O–H groups in total. The molecule has 9 heterocycles. The molecule has 2 unspecified atom stereocenters. The second-order valence-electron chi connectivity index (χ2n) is 22.0. The summed E-state index contributed by atoms with van der Waals surface area (Å²) in [5.41, 5.74) is 2.83. The number of phenols is 1. The van der Waals surface area contributed by atoms with Crippen molar-refractivity contribution in [2.75, 3.05) is 81.9 Å². The first-order valence-corrected chi connectivity index (χ1v) is 26.9. The maximum Gasteiger partial charge on any atom is 0.319 e. The standard InChI is InChI=1S/C57H64F2N10O5/c1-2-43-47(58)8-3-37-27-42(70)28-45(50(37)43)52-51(59)53-46(29-60-52)54(68-32-39-4-5-40(33-68)61-39)64-57(63-53)74-24-23-65-17-11-34(12-18-65)25-35-13-19-66(20-14-35)30-36-15-21-67(22-16-36)41-6-7-44-38(26-41)31-69(56(44)73)48-9-10-49(71)62-55(48)72/h1,3,6-8,26-29,34-36,39-40,48,61,70H,4-5,9-25,30-33H2,(H,62,71,72)/t39?,40?,48-/m1/s1. The van der Waals surface area contributed by atoms with E-state index >= 15 is 8.78 Å². The number of amides is 3. The largest absolute Gasteiger partial charge is 0.508 e. The molecule has 2 bridgehead atoms. The van der Waals surface area contributed by atoms with E-state index in [1.165, 1.54) is 56.6 Å². The Labute approximate surface area is 430 Å². The van der Waals surface area contributed by atoms with Crippen LogP contribution in [0.4, 0.5) is 20.3 Å². The summed E-state index contributed by atoms with van der Waals surface area (Å²) in [7, 11) is 0. The van der Waals surface area contributed by atoms with Crippen LogP contribution in [0, 0.1) is 41.7 Å². The number of fused-ring (bicyclic) bond motifs is 5. The number of hydrogen-bond donors (Lipinski definition) is 3. The summed E-state index contributed by atoms with van der Waals surface area (Å²) in [6.45, 7) is 10.4. The number of piperidine rings is 4. The molecule has 15 nitrogen and oxygen atoms in total. The lowest BCUT2D eigenvalue weighted by atomic mass is 9.82. The Balaban J connectivity index is 0.617. The van der Waals surface area contributed by atoms with Gasteiger partial charge in [-0.1, -0.05) is 12.0 Å². The summed E-state index contributed by atoms with van der Waals surface area (Å²) in [6.07, 6.45) is 18.5. The van der Waals surface area contributed by atoms with E-state index in [-0.39, 0.29) is 63.6 Å². The molecule has 386 valence electrons. The average Bonchev–Trinajstić information content (AvgIpc) is 3.92. The molecule has 74 heavy (non-hydrogen) atoms. The van der Waals surface area contributed by atoms with Gasteiger partial charge in [-0.15, -0.1) is 6.42 Å². The van der Waals surface area contributed by atoms with Gasteiger partial charge in [-0.2, -0.15) is 9.97 Å². The molecular weight excluding hydrogens is 943 g/mol. The third-order valence-electron chi connectivity index (χ3n) is 17.3. The van der Waals surface area contributed by atoms with Gasteiger partial charge in [0.1, 0.15) is 41.2 Å². The maximum atomic E-state index is 17.0. The van der Waals surface area contributed by atoms with Crippen LogP contribution in [0.2, 0.25) is 0 Å². The Morgan fingerprint density at radius 1 is 0.797 bits per heavy atom. The van der Waals surface area contributed by atoms with Crippen LogP contribution >= 0.6 is 0 Å². The minimum atomic E-state index is -0.726. The number of halogens is 2. The molecule has 5 aromatic rings. The number of nitrogens with zero attached hydrogens (tertiary/aromatic N) is 8. The van der Waals surface area contributed by atoms with Crippen LogP contribution in [0.5, 0.6) is 11.8 Å². The molecule has 6 fully saturated rings. The van der Waals surface area contributed by atoms with Crippen molar-refractivity contribution < 1.29 is 33.0 Å². The minimum Gasteiger partial charge on any atom is -0.508 e. The number of carbonyl (C=O) groups is 3. The average molecular weight is 1010 g/mol. The molecule has 17 heteroatoms. The fraction of sp³-hybridized carbons (Fsp3) is 0.509. The molecule has 3 amide bonds. The van der Waals surface area contributed by atoms with Gasteiger partial charge in [0.05, 0.1) is 10.9 Å². The lowest BCUT2D eigenvalue weighted by molar-refractivity contribution is -0.136. The van der Waals surface area contributed by atoms with Gasteiger partial charge in [-0.05, 0) is 155 Å². The zero-order valence-electron chi connectivity index (χ0n) is 41.8. The molecule has 3 aromatic carbocycles. The second-order valence-corrected chi connectivity index (χ2v) is 22.0. The number of anilines is 2. The van der Waals surface area contributed by atoms with Crippen molar-refractivity contribution in [3.63, 3.8) is 0 Å². The molecule has 0 spiro atoms. The highest BCUT2D eigenvalue weighted by Gasteiger charge is 2.40. The van der Waals surface area contributed by atoms with Gasteiger partial charge < -0.3 is 34.8 Å². The lowest BCUT2D eigenvalue weighted by Gasteiger charge is -2.39. The molecular formula is C57H64F2N10O5. The van der Waals surface area contributed by atoms with Crippen molar-refractivity contribution in [1.29, 1.82) is 0 Å². The topological polar surface area (TPSA) is 160 Å². The van der Waals surface area contributed by atoms with Gasteiger partial charge in [-0.25, -0.2) is 8.78 Å². The van der Waals surface area contributed by atoms with Crippen molar-refractivity contribution in [1.82, 2.24) is 40.3 Å². The van der Waals surface area contributed by atoms with E-state index in [2.05, 4.69) is 52.2 Å². The zero-order valence-corrected chi connectivity index (χ0v) is 41.8. The number of imide groups is 1. The summed E-state index contributed by atoms with van der Waals surface area (Å²) < 4.78 is 38.3. The number of aromatic nitrogens is 3. The quantitative estimate of drug-likeness (QED) is 0.0906. The molecule has 0 saturated carbocycles. The number of nitrogens with one attached hydrogen (secondary N) is 2. The fourth-order valence-corrected chi connectivity index (χ4v) is 13.3. The van der Waals surface area contributed by atoms with E-state index in [1.54, 1.807) is 11.1 Å². The van der Waals surface area contributed by atoms with E-state index in [9.17, 15) is 19.5 Å². The third kappa shape index (κ3) is 9.60. The second kappa shape index (κ2) is 20.3. The number of likely N-dealkylation sites (tertiary alicyclic amines) is 2. The number of rotatable bonds is 12. The van der Waals surface area contributed by atoms with E-state index in [0.29, 0.717) is 85.3 Å². The van der Waals surface area contributed by atoms with Crippen molar-refractivity contribution in [2.45, 2.75) is 95.3 Å². The zero-order chi connectivity index (χ0) is 50.6. The van der Waals surface area contributed by atoms with Crippen LogP contribution in [-0.2, 0) is 16.1 Å². The first-order chi connectivity index (χ1) is 36.0. The summed E-state index contributed by atoms with van der Waals surface area (Å²) in [5, 5.41) is 17.9. The van der Waals surface area contributed by atoms with Crippen LogP contribution < -0.4 is 25.2 Å². The highest BCUT2D eigenvalue weighted by molar-refractivity contribution is 6.06. The molecule has 7 aliphatic rings. The lowest BCUT2D eigenvalue weighted by Crippen LogP contribution is -2.52. The van der Waals surface area contributed by atoms with Gasteiger partial charge in [0, 0.05) is 92.7 Å². The number of aromatic hydroxyl groups is 1. The number of pyridine rings is 1. The highest BCUT2D eigenvalue weighted by Crippen LogP contribution is 2.40. The number of terminal acetylenes is 1. The summed E-state index contributed by atoms with van der Waals surface area (Å²) >= 11 is 0. The molecule has 12 rings (SSSR count). The SMILES string of the molecule is C#Cc1c(F)ccc2cc(O)cc(-c3ncc4c(N5CC6CCC(C5)N6)nc(OCCN5CCC(CC6CCN(CC7CCN(c8ccc9c(c8)CN([C@@H]8CCC(=O)NC8=O)C9=O)CC7)CC6)CC5)nc4c3F)c12. The Kier molecular flexibility index (Phi) is 13.3. The maximum absolute atomic E-state index is 17.0. The van der Waals surface area contributed by atoms with Gasteiger partial charge in [0.2, 0.25) is 11.8 Å². The van der Waals surface area contributed by atoms with Gasteiger partial charge in [0.25, 0.3) is 5.91 Å². The predicted molar refractivity (Wildman–Crippen MR) is 278 cm³/mol. The number of phenolic OH excluding ortho intramolecular Hbond substituents is 1. The van der Waals surface area contributed by atoms with Crippen LogP contribution in [0.3, 0.4) is 0 Å². The van der Waals surface area contributed by atoms with Gasteiger partial charge in [-0.3, -0.25) is 29.6 Å². The van der Waals surface area contributed by atoms with Gasteiger partial charge >= 0.3 is 6.01 Å². The molecule has 0 aliphatic carbocycles. The summed E-state index contributed by atoms with van der Waals surface area (Å²) in [4.78, 5) is 62.9. The Bertz CT molecular complexity index is 3040. The molecule has 7 aliphatic heterocycles. The smallest absolute Gasteiger partial charge is 0.319 e. The van der Waals surface area contributed by atoms with E-state index in [1.807, 2.05) is 12.1 Å². The Morgan fingerprint density at radius 2 is 1.53 bits per heavy atom. The molecule has 6 saturated heterocycles. The first-order valence-electron chi connectivity index (χ1n) is 26.9. The normalized spacial score (nSPS) is 23.5. The fourth-order valence-electron chi connectivity index (χ4n) is 13.3. The van der Waals surface area contributed by atoms with Crippen molar-refractivity contribution >= 4 is 50.9 Å². The number of carbonyl (C=O) groups excluding carboxylic acids is 3. The molecule has 3 atom stereocenters. The summed E-state index contributed by atoms with van der Waals surface area (Å²) in [6, 6.07) is 11.8. The minimum absolute atomic E-state index is 0.0340. The van der Waals surface area contributed by atoms with Crippen LogP contribution in [0.25, 0.3) is 32.9 Å². The predicted octanol–water partition coefficient (Wildman–Crippen LogP) is 6.62. The number of piperazine rings is 1. The van der Waals surface area contributed by atoms with E-state index in [0.717, 1.165) is 88.4 Å². The number of hydrogen-bond acceptors (Lipinski definition) is 13. The van der Waals surface area contributed by atoms with Crippen LogP contribution in [0.1, 0.15) is 92.1 Å². The van der Waals surface area contributed by atoms with E-state index < -0.39 is 17.7 Å². The van der Waals surface area contributed by atoms with Crippen molar-refractivity contribution in [3.8, 4) is 35.4 Å².